The average Bonchev–Trinajstić information content (AvgIpc) is 3.41. The molecule has 1 spiro atoms. The first-order chi connectivity index (χ1) is 18.0. The molecule has 2 aromatic rings. The van der Waals surface area contributed by atoms with Crippen molar-refractivity contribution in [2.75, 3.05) is 32.8 Å². The summed E-state index contributed by atoms with van der Waals surface area (Å²) in [5, 5.41) is -0.912. The fraction of sp³-hybridized carbons (Fsp3) is 0.478. The molecule has 3 aliphatic rings. The third-order valence-corrected chi connectivity index (χ3v) is 13.5. The second-order valence-electron chi connectivity index (χ2n) is 9.83. The summed E-state index contributed by atoms with van der Waals surface area (Å²) in [6, 6.07) is 0. The first-order valence-corrected chi connectivity index (χ1v) is 17.1. The van der Waals surface area contributed by atoms with Crippen LogP contribution in [-0.2, 0) is 9.05 Å². The molecule has 5 rings (SSSR count). The van der Waals surface area contributed by atoms with Crippen molar-refractivity contribution in [3.63, 3.8) is 0 Å². The van der Waals surface area contributed by atoms with Crippen LogP contribution in [0.15, 0.2) is 0 Å². The Morgan fingerprint density at radius 1 is 0.538 bits per heavy atom. The van der Waals surface area contributed by atoms with Gasteiger partial charge in [-0.05, 0) is 20.8 Å². The molecule has 0 aromatic heterocycles. The molecule has 0 amide bonds. The zero-order chi connectivity index (χ0) is 29.2. The molecule has 0 bridgehead atoms. The van der Waals surface area contributed by atoms with Crippen LogP contribution in [0.3, 0.4) is 0 Å². The average molecular weight is 727 g/mol. The van der Waals surface area contributed by atoms with Crippen molar-refractivity contribution in [3.8, 4) is 23.0 Å². The first-order valence-electron chi connectivity index (χ1n) is 11.9. The van der Waals surface area contributed by atoms with E-state index in [9.17, 15) is 0 Å². The Kier molecular flexibility index (Phi) is 8.64. The van der Waals surface area contributed by atoms with Gasteiger partial charge < -0.3 is 4.90 Å². The minimum Gasteiger partial charge on any atom is -0.336 e. The monoisotopic (exact) mass is 723 g/mol. The van der Waals surface area contributed by atoms with Gasteiger partial charge in [0.15, 0.2) is 0 Å². The number of nitrogens with one attached hydrogen (secondary N) is 1. The zero-order valence-electron chi connectivity index (χ0n) is 21.5. The van der Waals surface area contributed by atoms with Crippen LogP contribution in [0.25, 0.3) is 0 Å². The number of halogens is 8. The van der Waals surface area contributed by atoms with E-state index in [2.05, 4.69) is 20.8 Å². The molecule has 3 aliphatic heterocycles. The van der Waals surface area contributed by atoms with Gasteiger partial charge in [0, 0.05) is 0 Å². The number of quaternary nitrogens is 1. The van der Waals surface area contributed by atoms with Crippen LogP contribution in [0.1, 0.15) is 34.6 Å². The zero-order valence-corrected chi connectivity index (χ0v) is 28.4. The van der Waals surface area contributed by atoms with Crippen molar-refractivity contribution in [2.24, 2.45) is 5.41 Å². The molecule has 2 aromatic carbocycles. The predicted octanol–water partition coefficient (Wildman–Crippen LogP) is 9.74. The van der Waals surface area contributed by atoms with Gasteiger partial charge in [0.05, 0.1) is 19.6 Å². The van der Waals surface area contributed by atoms with Gasteiger partial charge in [-0.3, -0.25) is 0 Å². The maximum absolute atomic E-state index is 6.38. The first kappa shape index (κ1) is 32.2. The molecule has 0 unspecified atom stereocenters. The van der Waals surface area contributed by atoms with Crippen LogP contribution in [-0.4, -0.2) is 32.8 Å². The summed E-state index contributed by atoms with van der Waals surface area (Å²) in [4.78, 5) is 1.68. The normalized spacial score (nSPS) is 22.1. The van der Waals surface area contributed by atoms with E-state index in [1.165, 1.54) is 19.6 Å². The summed E-state index contributed by atoms with van der Waals surface area (Å²) >= 11 is 50.3. The van der Waals surface area contributed by atoms with Gasteiger partial charge >= 0.3 is 223 Å². The molecule has 7 nitrogen and oxygen atoms in total. The molecule has 1 saturated heterocycles. The quantitative estimate of drug-likeness (QED) is 0.193. The van der Waals surface area contributed by atoms with E-state index < -0.39 is 12.7 Å². The van der Waals surface area contributed by atoms with E-state index in [0.717, 1.165) is 0 Å². The fourth-order valence-corrected chi connectivity index (χ4v) is 10.2. The second kappa shape index (κ2) is 10.5. The molecule has 0 atom stereocenters. The van der Waals surface area contributed by atoms with Crippen LogP contribution in [0.2, 0.25) is 40.2 Å². The van der Waals surface area contributed by atoms with E-state index in [4.69, 9.17) is 120 Å². The van der Waals surface area contributed by atoms with Gasteiger partial charge in [0.1, 0.15) is 0 Å². The molecule has 16 heteroatoms. The molecule has 1 N–H and O–H groups in total. The van der Waals surface area contributed by atoms with Gasteiger partial charge in [0.25, 0.3) is 0 Å². The Morgan fingerprint density at radius 2 is 0.795 bits per heavy atom. The van der Waals surface area contributed by atoms with Crippen LogP contribution in [0, 0.1) is 5.41 Å². The molecule has 39 heavy (non-hydrogen) atoms. The van der Waals surface area contributed by atoms with Crippen LogP contribution >= 0.6 is 100 Å². The van der Waals surface area contributed by atoms with E-state index in [-0.39, 0.29) is 76.4 Å². The van der Waals surface area contributed by atoms with E-state index in [1.54, 1.807) is 4.90 Å². The van der Waals surface area contributed by atoms with Crippen molar-refractivity contribution in [3.05, 3.63) is 40.2 Å². The largest absolute Gasteiger partial charge is 0.336 e. The van der Waals surface area contributed by atoms with Crippen LogP contribution in [0.5, 0.6) is 23.0 Å². The third kappa shape index (κ3) is 5.01. The maximum atomic E-state index is 6.38. The second-order valence-corrected chi connectivity index (χ2v) is 16.3. The molecule has 220 valence electrons. The summed E-state index contributed by atoms with van der Waals surface area (Å²) in [5.41, 5.74) is -0.492. The summed E-state index contributed by atoms with van der Waals surface area (Å²) in [6.07, 6.45) is 0. The van der Waals surface area contributed by atoms with Crippen molar-refractivity contribution >= 4 is 100 Å². The van der Waals surface area contributed by atoms with Gasteiger partial charge in [-0.25, -0.2) is 0 Å². The Bertz CT molecular complexity index is 1180. The Balaban J connectivity index is 0.000000448. The molecule has 1 fully saturated rings. The van der Waals surface area contributed by atoms with Crippen molar-refractivity contribution in [1.29, 1.82) is 0 Å². The number of hydrogen-bond acceptors (Lipinski definition) is 6. The Hall–Kier alpha value is 0.270. The number of hydrogen-bond donors (Lipinski definition) is 1. The minimum absolute atomic E-state index is 0.00175. The number of fused-ring (bicyclic) bond motifs is 2. The minimum atomic E-state index is -6.22. The summed E-state index contributed by atoms with van der Waals surface area (Å²) in [7, 11) is -6.22. The number of rotatable bonds is 3. The Morgan fingerprint density at radius 3 is 1.00 bits per heavy atom. The van der Waals surface area contributed by atoms with E-state index >= 15 is 0 Å². The number of benzene rings is 2. The molecular weight excluding hydrogens is 701 g/mol. The van der Waals surface area contributed by atoms with Crippen molar-refractivity contribution in [2.45, 2.75) is 34.6 Å². The van der Waals surface area contributed by atoms with Gasteiger partial charge in [-0.15, -0.1) is 0 Å². The standard InChI is InChI=1S/C17H10Cl8O6P.C6H15N/c1-17(2)3-26-32(27-4-17,28-13-9(22)5(18)6(19)10(23)14(13)29-32)30-15-11(24)7(20)8(21)12(25)16(15)31-32;1-4-7(5-2)6-3/h3-4H2,1-2H3;4-6H2,1-3H3/q-1;/p+1. The topological polar surface area (TPSA) is 59.8 Å². The maximum Gasteiger partial charge on any atom is 0.0742 e. The van der Waals surface area contributed by atoms with Gasteiger partial charge in [0.2, 0.25) is 0 Å². The van der Waals surface area contributed by atoms with Crippen LogP contribution in [0.4, 0.5) is 0 Å². The fourth-order valence-electron chi connectivity index (χ4n) is 4.02. The molecule has 3 heterocycles. The molecule has 0 saturated carbocycles. The molecule has 0 radical (unpaired) electrons. The SMILES string of the molecule is CC1(C)CO[P-]23(OC1)(Oc1c(Cl)c(Cl)c(Cl)c(Cl)c1O2)Oc1c(Cl)c(Cl)c(Cl)c(Cl)c1O3.CC[NH+](CC)CC. The Labute approximate surface area is 266 Å². The molecular formula is C23H26Cl8NO6P. The van der Waals surface area contributed by atoms with Gasteiger partial charge in [-0.2, -0.15) is 0 Å². The third-order valence-electron chi connectivity index (χ3n) is 6.41. The summed E-state index contributed by atoms with van der Waals surface area (Å²) in [5.74, 6) is -0.672. The molecule has 0 aliphatic carbocycles. The van der Waals surface area contributed by atoms with Crippen LogP contribution < -0.4 is 23.0 Å². The van der Waals surface area contributed by atoms with E-state index in [0.29, 0.717) is 0 Å². The summed E-state index contributed by atoms with van der Waals surface area (Å²) < 4.78 is 36.9. The summed E-state index contributed by atoms with van der Waals surface area (Å²) in [6.45, 7) is 14.2. The van der Waals surface area contributed by atoms with Gasteiger partial charge in [-0.1, -0.05) is 0 Å². The predicted molar refractivity (Wildman–Crippen MR) is 161 cm³/mol. The van der Waals surface area contributed by atoms with E-state index in [1.807, 2.05) is 13.8 Å². The smallest absolute Gasteiger partial charge is 0.0742 e. The van der Waals surface area contributed by atoms with Crippen molar-refractivity contribution in [1.82, 2.24) is 0 Å². The van der Waals surface area contributed by atoms with Crippen molar-refractivity contribution < 1.29 is 32.0 Å².